The third-order valence-corrected chi connectivity index (χ3v) is 6.20. The van der Waals surface area contributed by atoms with Crippen molar-refractivity contribution in [1.29, 1.82) is 0 Å². The van der Waals surface area contributed by atoms with Crippen LogP contribution in [0.5, 0.6) is 0 Å². The first-order chi connectivity index (χ1) is 8.37. The van der Waals surface area contributed by atoms with Crippen LogP contribution >= 0.6 is 15.9 Å². The Bertz CT molecular complexity index is 274. The van der Waals surface area contributed by atoms with E-state index in [0.717, 1.165) is 22.6 Å². The van der Waals surface area contributed by atoms with Gasteiger partial charge in [-0.15, -0.1) is 0 Å². The summed E-state index contributed by atoms with van der Waals surface area (Å²) < 4.78 is 6.17. The average molecular weight is 317 g/mol. The van der Waals surface area contributed by atoms with E-state index in [1.165, 1.54) is 38.5 Å². The van der Waals surface area contributed by atoms with Gasteiger partial charge in [0.05, 0.1) is 11.7 Å². The first-order valence-corrected chi connectivity index (χ1v) is 8.61. The molecular formula is C16H29BrO. The molecule has 0 aromatic carbocycles. The lowest BCUT2D eigenvalue weighted by molar-refractivity contribution is -0.0278. The smallest absolute Gasteiger partial charge is 0.0631 e. The van der Waals surface area contributed by atoms with Gasteiger partial charge in [0.1, 0.15) is 0 Å². The Labute approximate surface area is 121 Å². The average Bonchev–Trinajstić information content (AvgIpc) is 2.61. The highest BCUT2D eigenvalue weighted by molar-refractivity contribution is 9.09. The molecule has 0 aromatic heterocycles. The second kappa shape index (κ2) is 5.83. The van der Waals surface area contributed by atoms with E-state index in [2.05, 4.69) is 43.6 Å². The van der Waals surface area contributed by atoms with Gasteiger partial charge in [0.25, 0.3) is 0 Å². The van der Waals surface area contributed by atoms with Crippen LogP contribution in [-0.2, 0) is 4.74 Å². The van der Waals surface area contributed by atoms with Crippen molar-refractivity contribution in [2.24, 2.45) is 17.8 Å². The fourth-order valence-corrected chi connectivity index (χ4v) is 4.39. The molecule has 1 saturated carbocycles. The Hall–Kier alpha value is 0.440. The monoisotopic (exact) mass is 316 g/mol. The highest BCUT2D eigenvalue weighted by Gasteiger charge is 2.36. The Kier molecular flexibility index (Phi) is 4.80. The van der Waals surface area contributed by atoms with Crippen molar-refractivity contribution < 1.29 is 4.74 Å². The molecule has 0 radical (unpaired) electrons. The van der Waals surface area contributed by atoms with Crippen molar-refractivity contribution in [3.63, 3.8) is 0 Å². The molecule has 2 rings (SSSR count). The first-order valence-electron chi connectivity index (χ1n) is 7.69. The minimum atomic E-state index is 0.124. The van der Waals surface area contributed by atoms with Gasteiger partial charge in [-0.1, -0.05) is 29.8 Å². The van der Waals surface area contributed by atoms with E-state index < -0.39 is 0 Å². The van der Waals surface area contributed by atoms with Crippen molar-refractivity contribution in [2.75, 3.05) is 0 Å². The van der Waals surface area contributed by atoms with Crippen LogP contribution < -0.4 is 0 Å². The van der Waals surface area contributed by atoms with Gasteiger partial charge in [-0.3, -0.25) is 0 Å². The SMILES string of the molecule is CC(C)C1CCC(Br)C(CC2CCC(C)(C)O2)C1. The summed E-state index contributed by atoms with van der Waals surface area (Å²) in [6.45, 7) is 9.23. The quantitative estimate of drug-likeness (QED) is 0.653. The van der Waals surface area contributed by atoms with Gasteiger partial charge in [0, 0.05) is 4.83 Å². The van der Waals surface area contributed by atoms with Crippen LogP contribution in [0, 0.1) is 17.8 Å². The van der Waals surface area contributed by atoms with Crippen molar-refractivity contribution in [3.05, 3.63) is 0 Å². The van der Waals surface area contributed by atoms with Gasteiger partial charge in [-0.25, -0.2) is 0 Å². The number of ether oxygens (including phenoxy) is 1. The maximum atomic E-state index is 6.17. The molecule has 1 aliphatic heterocycles. The minimum absolute atomic E-state index is 0.124. The summed E-state index contributed by atoms with van der Waals surface area (Å²) in [6.07, 6.45) is 8.41. The van der Waals surface area contributed by atoms with Crippen LogP contribution in [0.3, 0.4) is 0 Å². The fraction of sp³-hybridized carbons (Fsp3) is 1.00. The van der Waals surface area contributed by atoms with Crippen molar-refractivity contribution in [2.45, 2.75) is 82.8 Å². The summed E-state index contributed by atoms with van der Waals surface area (Å²) in [5, 5.41) is 0. The van der Waals surface area contributed by atoms with Gasteiger partial charge in [0.15, 0.2) is 0 Å². The number of alkyl halides is 1. The zero-order valence-electron chi connectivity index (χ0n) is 12.4. The van der Waals surface area contributed by atoms with Gasteiger partial charge >= 0.3 is 0 Å². The van der Waals surface area contributed by atoms with Gasteiger partial charge in [-0.2, -0.15) is 0 Å². The molecule has 0 amide bonds. The van der Waals surface area contributed by atoms with Crippen LogP contribution in [0.15, 0.2) is 0 Å². The van der Waals surface area contributed by atoms with E-state index in [1.807, 2.05) is 0 Å². The molecule has 2 fully saturated rings. The normalized spacial score (nSPS) is 40.3. The van der Waals surface area contributed by atoms with Crippen LogP contribution in [-0.4, -0.2) is 16.5 Å². The maximum absolute atomic E-state index is 6.17. The summed E-state index contributed by atoms with van der Waals surface area (Å²) in [5.41, 5.74) is 0.124. The number of halogens is 1. The molecule has 0 N–H and O–H groups in total. The summed E-state index contributed by atoms with van der Waals surface area (Å²) >= 11 is 3.91. The fourth-order valence-electron chi connectivity index (χ4n) is 3.69. The van der Waals surface area contributed by atoms with E-state index in [-0.39, 0.29) is 5.60 Å². The molecule has 2 heteroatoms. The van der Waals surface area contributed by atoms with Crippen LogP contribution in [0.4, 0.5) is 0 Å². The molecule has 2 aliphatic rings. The predicted molar refractivity (Wildman–Crippen MR) is 81.2 cm³/mol. The van der Waals surface area contributed by atoms with Crippen molar-refractivity contribution in [3.8, 4) is 0 Å². The van der Waals surface area contributed by atoms with E-state index in [1.54, 1.807) is 0 Å². The van der Waals surface area contributed by atoms with Gasteiger partial charge in [-0.05, 0) is 70.1 Å². The van der Waals surface area contributed by atoms with Gasteiger partial charge < -0.3 is 4.74 Å². The molecule has 0 aromatic rings. The lowest BCUT2D eigenvalue weighted by atomic mass is 9.74. The Balaban J connectivity index is 1.87. The summed E-state index contributed by atoms with van der Waals surface area (Å²) in [5.74, 6) is 2.59. The molecule has 1 nitrogen and oxygen atoms in total. The number of hydrogen-bond donors (Lipinski definition) is 0. The molecule has 1 aliphatic carbocycles. The molecule has 4 unspecified atom stereocenters. The minimum Gasteiger partial charge on any atom is -0.372 e. The van der Waals surface area contributed by atoms with Crippen LogP contribution in [0.2, 0.25) is 0 Å². The van der Waals surface area contributed by atoms with Crippen molar-refractivity contribution in [1.82, 2.24) is 0 Å². The summed E-state index contributed by atoms with van der Waals surface area (Å²) in [6, 6.07) is 0. The zero-order valence-corrected chi connectivity index (χ0v) is 14.0. The zero-order chi connectivity index (χ0) is 13.3. The largest absolute Gasteiger partial charge is 0.372 e. The van der Waals surface area contributed by atoms with Crippen molar-refractivity contribution >= 4 is 15.9 Å². The Morgan fingerprint density at radius 3 is 2.50 bits per heavy atom. The summed E-state index contributed by atoms with van der Waals surface area (Å²) in [7, 11) is 0. The predicted octanol–water partition coefficient (Wildman–Crippen LogP) is 5.17. The van der Waals surface area contributed by atoms with Crippen LogP contribution in [0.1, 0.15) is 66.2 Å². The third kappa shape index (κ3) is 3.72. The highest BCUT2D eigenvalue weighted by Crippen LogP contribution is 2.42. The molecule has 0 bridgehead atoms. The number of hydrogen-bond acceptors (Lipinski definition) is 1. The molecular weight excluding hydrogens is 288 g/mol. The molecule has 18 heavy (non-hydrogen) atoms. The third-order valence-electron chi connectivity index (χ3n) is 4.99. The lowest BCUT2D eigenvalue weighted by Crippen LogP contribution is -2.31. The lowest BCUT2D eigenvalue weighted by Gasteiger charge is -2.36. The topological polar surface area (TPSA) is 9.23 Å². The molecule has 106 valence electrons. The van der Waals surface area contributed by atoms with E-state index in [0.29, 0.717) is 6.10 Å². The molecule has 4 atom stereocenters. The maximum Gasteiger partial charge on any atom is 0.0631 e. The van der Waals surface area contributed by atoms with Gasteiger partial charge in [0.2, 0.25) is 0 Å². The van der Waals surface area contributed by atoms with Crippen LogP contribution in [0.25, 0.3) is 0 Å². The standard InChI is InChI=1S/C16H29BrO/c1-11(2)12-5-6-15(17)13(9-12)10-14-7-8-16(3,4)18-14/h11-15H,5-10H2,1-4H3. The second-order valence-electron chi connectivity index (χ2n) is 7.37. The highest BCUT2D eigenvalue weighted by atomic mass is 79.9. The van der Waals surface area contributed by atoms with E-state index in [4.69, 9.17) is 4.74 Å². The Morgan fingerprint density at radius 1 is 1.22 bits per heavy atom. The first kappa shape index (κ1) is 14.8. The second-order valence-corrected chi connectivity index (χ2v) is 8.54. The molecule has 1 heterocycles. The Morgan fingerprint density at radius 2 is 1.94 bits per heavy atom. The number of rotatable bonds is 3. The van der Waals surface area contributed by atoms with E-state index in [9.17, 15) is 0 Å². The molecule has 0 spiro atoms. The molecule has 1 saturated heterocycles. The van der Waals surface area contributed by atoms with E-state index >= 15 is 0 Å². The summed E-state index contributed by atoms with van der Waals surface area (Å²) in [4.78, 5) is 0.722.